The molecule has 0 radical (unpaired) electrons. The first-order valence-electron chi connectivity index (χ1n) is 3.27. The molecule has 0 aliphatic rings. The lowest BCUT2D eigenvalue weighted by Gasteiger charge is -2.10. The smallest absolute Gasteiger partial charge is 0.123 e. The van der Waals surface area contributed by atoms with E-state index in [0.717, 1.165) is 0 Å². The highest BCUT2D eigenvalue weighted by Gasteiger charge is 1.92. The third-order valence-corrected chi connectivity index (χ3v) is 0.596. The fourth-order valence-electron chi connectivity index (χ4n) is 0.596. The fourth-order valence-corrected chi connectivity index (χ4v) is 0.596. The molecule has 0 heterocycles. The molecule has 0 aliphatic heterocycles. The second kappa shape index (κ2) is 3.03. The topological polar surface area (TPSA) is 12.0 Å². The first kappa shape index (κ1) is 5.10. The van der Waals surface area contributed by atoms with Crippen molar-refractivity contribution in [2.45, 2.75) is 39.8 Å². The van der Waals surface area contributed by atoms with E-state index >= 15 is 0 Å². The molecular formula is C6H15N. The zero-order valence-corrected chi connectivity index (χ0v) is 5.60. The Morgan fingerprint density at radius 1 is 1.14 bits per heavy atom. The van der Waals surface area contributed by atoms with E-state index in [9.17, 15) is 0 Å². The highest BCUT2D eigenvalue weighted by atomic mass is 14.9. The zero-order chi connectivity index (χ0) is 6.73. The minimum absolute atomic E-state index is 0.343. The van der Waals surface area contributed by atoms with Crippen molar-refractivity contribution in [3.8, 4) is 0 Å². The van der Waals surface area contributed by atoms with E-state index in [1.807, 2.05) is 27.7 Å². The van der Waals surface area contributed by atoms with Gasteiger partial charge in [-0.05, 0) is 0 Å². The maximum absolute atomic E-state index is 7.31. The summed E-state index contributed by atoms with van der Waals surface area (Å²) < 4.78 is 7.31. The summed E-state index contributed by atoms with van der Waals surface area (Å²) >= 11 is 0. The van der Waals surface area contributed by atoms with Gasteiger partial charge in [0.05, 0.1) is 0 Å². The van der Waals surface area contributed by atoms with Gasteiger partial charge in [0, 0.05) is 12.1 Å². The van der Waals surface area contributed by atoms with Crippen LogP contribution in [0.5, 0.6) is 0 Å². The predicted octanol–water partition coefficient (Wildman–Crippen LogP) is 1.39. The maximum atomic E-state index is 7.31. The zero-order valence-electron chi connectivity index (χ0n) is 6.60. The predicted molar refractivity (Wildman–Crippen MR) is 33.4 cm³/mol. The van der Waals surface area contributed by atoms with E-state index in [-0.39, 0.29) is 0 Å². The van der Waals surface area contributed by atoms with Crippen LogP contribution in [0.4, 0.5) is 0 Å². The Morgan fingerprint density at radius 2 is 1.43 bits per heavy atom. The summed E-state index contributed by atoms with van der Waals surface area (Å²) in [5, 5.41) is 1.58. The van der Waals surface area contributed by atoms with Crippen molar-refractivity contribution >= 4 is 0 Å². The molecule has 0 atom stereocenters. The van der Waals surface area contributed by atoms with Crippen molar-refractivity contribution in [3.05, 3.63) is 0 Å². The minimum Gasteiger partial charge on any atom is -0.312 e. The summed E-state index contributed by atoms with van der Waals surface area (Å²) in [6, 6.07) is 0.685. The maximum Gasteiger partial charge on any atom is 0.123 e. The normalized spacial score (nSPS) is 13.9. The molecule has 0 aromatic rings. The van der Waals surface area contributed by atoms with Crippen LogP contribution in [-0.2, 0) is 0 Å². The summed E-state index contributed by atoms with van der Waals surface area (Å²) in [6.45, 7) is 8.08. The molecule has 1 heteroatoms. The second-order valence-corrected chi connectivity index (χ2v) is 2.34. The molecule has 0 saturated carbocycles. The Labute approximate surface area is 47.6 Å². The van der Waals surface area contributed by atoms with Crippen molar-refractivity contribution in [2.24, 2.45) is 0 Å². The number of hydrogen-bond donors (Lipinski definition) is 1. The Kier molecular flexibility index (Phi) is 2.21. The quantitative estimate of drug-likeness (QED) is 0.555. The van der Waals surface area contributed by atoms with Crippen LogP contribution in [-0.4, -0.2) is 12.1 Å². The summed E-state index contributed by atoms with van der Waals surface area (Å²) in [4.78, 5) is 0. The molecular weight excluding hydrogens is 86.1 g/mol. The van der Waals surface area contributed by atoms with Gasteiger partial charge in [-0.15, -0.1) is 0 Å². The van der Waals surface area contributed by atoms with Gasteiger partial charge in [0.25, 0.3) is 0 Å². The summed E-state index contributed by atoms with van der Waals surface area (Å²) in [6.07, 6.45) is 0. The van der Waals surface area contributed by atoms with Crippen LogP contribution < -0.4 is 5.31 Å². The molecule has 0 bridgehead atoms. The lowest BCUT2D eigenvalue weighted by Crippen LogP contribution is -2.29. The third-order valence-electron chi connectivity index (χ3n) is 0.596. The molecule has 44 valence electrons. The SMILES string of the molecule is [2H]N(C(C)C)C(C)C. The van der Waals surface area contributed by atoms with Gasteiger partial charge in [0.15, 0.2) is 0 Å². The summed E-state index contributed by atoms with van der Waals surface area (Å²) in [5.74, 6) is 0. The molecule has 0 amide bonds. The summed E-state index contributed by atoms with van der Waals surface area (Å²) in [7, 11) is 0. The van der Waals surface area contributed by atoms with Crippen molar-refractivity contribution in [1.82, 2.24) is 5.31 Å². The first-order chi connectivity index (χ1) is 3.55. The molecule has 0 spiro atoms. The molecule has 0 aromatic heterocycles. The van der Waals surface area contributed by atoms with Crippen LogP contribution in [0.2, 0.25) is 1.41 Å². The number of hydrogen-bond acceptors (Lipinski definition) is 1. The van der Waals surface area contributed by atoms with E-state index in [1.54, 1.807) is 5.31 Å². The molecule has 1 nitrogen and oxygen atoms in total. The monoisotopic (exact) mass is 102 g/mol. The largest absolute Gasteiger partial charge is 0.312 e. The van der Waals surface area contributed by atoms with Crippen LogP contribution in [0.1, 0.15) is 27.7 Å². The highest BCUT2D eigenvalue weighted by molar-refractivity contribution is 4.55. The van der Waals surface area contributed by atoms with E-state index in [0.29, 0.717) is 12.1 Å². The number of rotatable bonds is 2. The molecule has 0 saturated heterocycles. The minimum atomic E-state index is 0.343. The molecule has 0 aliphatic carbocycles. The molecule has 7 heavy (non-hydrogen) atoms. The Balaban J connectivity index is 3.46. The van der Waals surface area contributed by atoms with E-state index in [4.69, 9.17) is 1.41 Å². The van der Waals surface area contributed by atoms with Gasteiger partial charge in [0.1, 0.15) is 1.41 Å². The van der Waals surface area contributed by atoms with Crippen LogP contribution in [0.25, 0.3) is 0 Å². The van der Waals surface area contributed by atoms with Crippen LogP contribution in [0.15, 0.2) is 0 Å². The number of nitrogens with one attached hydrogen (secondary N) is 1. The first-order valence-corrected chi connectivity index (χ1v) is 2.83. The lowest BCUT2D eigenvalue weighted by molar-refractivity contribution is 0.518. The van der Waals surface area contributed by atoms with Crippen LogP contribution >= 0.6 is 0 Å². The second-order valence-electron chi connectivity index (χ2n) is 2.34. The lowest BCUT2D eigenvalue weighted by atomic mass is 10.3. The molecule has 0 fully saturated rings. The molecule has 1 N–H and O–H groups in total. The molecule has 0 rings (SSSR count). The van der Waals surface area contributed by atoms with Crippen molar-refractivity contribution in [2.75, 3.05) is 0 Å². The molecule has 0 aromatic carbocycles. The van der Waals surface area contributed by atoms with Gasteiger partial charge in [-0.2, -0.15) is 0 Å². The van der Waals surface area contributed by atoms with Gasteiger partial charge in [-0.25, -0.2) is 0 Å². The van der Waals surface area contributed by atoms with E-state index in [2.05, 4.69) is 0 Å². The van der Waals surface area contributed by atoms with E-state index in [1.165, 1.54) is 0 Å². The Bertz CT molecular complexity index is 53.5. The van der Waals surface area contributed by atoms with Gasteiger partial charge < -0.3 is 5.31 Å². The molecule has 0 unspecified atom stereocenters. The standard InChI is InChI=1S/C6H15N/c1-5(2)7-6(3)4/h5-7H,1-4H3/i/hD. The van der Waals surface area contributed by atoms with Gasteiger partial charge in [0.2, 0.25) is 0 Å². The third kappa shape index (κ3) is 5.96. The fraction of sp³-hybridized carbons (Fsp3) is 1.00. The van der Waals surface area contributed by atoms with E-state index < -0.39 is 0 Å². The van der Waals surface area contributed by atoms with Crippen LogP contribution in [0, 0.1) is 0 Å². The summed E-state index contributed by atoms with van der Waals surface area (Å²) in [5.41, 5.74) is 0. The average Bonchev–Trinajstić information content (AvgIpc) is 1.64. The van der Waals surface area contributed by atoms with Gasteiger partial charge in [-0.1, -0.05) is 27.7 Å². The van der Waals surface area contributed by atoms with Crippen molar-refractivity contribution < 1.29 is 1.41 Å². The average molecular weight is 102 g/mol. The Hall–Kier alpha value is -0.0400. The van der Waals surface area contributed by atoms with Crippen molar-refractivity contribution in [1.29, 1.82) is 0 Å². The highest BCUT2D eigenvalue weighted by Crippen LogP contribution is 1.80. The van der Waals surface area contributed by atoms with Gasteiger partial charge in [-0.3, -0.25) is 0 Å². The van der Waals surface area contributed by atoms with Crippen molar-refractivity contribution in [3.63, 3.8) is 0 Å². The Morgan fingerprint density at radius 3 is 1.43 bits per heavy atom. The van der Waals surface area contributed by atoms with Gasteiger partial charge >= 0.3 is 0 Å². The van der Waals surface area contributed by atoms with Crippen LogP contribution in [0.3, 0.4) is 0 Å².